The molecule has 0 atom stereocenters. The Morgan fingerprint density at radius 3 is 2.00 bits per heavy atom. The maximum atomic E-state index is 7.51. The van der Waals surface area contributed by atoms with Crippen molar-refractivity contribution in [2.75, 3.05) is 0 Å². The summed E-state index contributed by atoms with van der Waals surface area (Å²) in [5, 5.41) is 7.51. The van der Waals surface area contributed by atoms with Crippen molar-refractivity contribution in [3.63, 3.8) is 0 Å². The van der Waals surface area contributed by atoms with E-state index in [1.807, 2.05) is 0 Å². The van der Waals surface area contributed by atoms with Gasteiger partial charge in [0.15, 0.2) is 0 Å². The Bertz CT molecular complexity index is 49.2. The highest BCUT2D eigenvalue weighted by atomic mass is 14.2. The van der Waals surface area contributed by atoms with Gasteiger partial charge < -0.3 is 0 Å². The number of nitrogens with zero attached hydrogens (tertiary/aromatic N) is 1. The Morgan fingerprint density at radius 1 is 1.80 bits per heavy atom. The van der Waals surface area contributed by atoms with Crippen LogP contribution in [0.4, 0.5) is 0 Å². The average molecular weight is 66.1 g/mol. The normalized spacial score (nSPS) is 3.00. The standard InChI is InChI=1S/C3H3N.CH/c1-2-3-4;/h2H,1H2;1H. The SMILES string of the molecule is C=CC#N.[CH]. The molecule has 0 aromatic carbocycles. The van der Waals surface area contributed by atoms with Gasteiger partial charge in [-0.2, -0.15) is 5.26 Å². The zero-order valence-electron chi connectivity index (χ0n) is 2.81. The maximum absolute atomic E-state index is 7.51. The number of rotatable bonds is 0. The molecular weight excluding hydrogens is 62.1 g/mol. The monoisotopic (exact) mass is 66.0 g/mol. The van der Waals surface area contributed by atoms with Crippen LogP contribution in [0, 0.1) is 18.8 Å². The van der Waals surface area contributed by atoms with Crippen molar-refractivity contribution in [1.29, 1.82) is 5.26 Å². The van der Waals surface area contributed by atoms with Crippen LogP contribution in [0.2, 0.25) is 0 Å². The van der Waals surface area contributed by atoms with E-state index >= 15 is 0 Å². The minimum atomic E-state index is 0. The summed E-state index contributed by atoms with van der Waals surface area (Å²) >= 11 is 0. The Balaban J connectivity index is 0. The molecule has 1 nitrogen and oxygen atoms in total. The summed E-state index contributed by atoms with van der Waals surface area (Å²) < 4.78 is 0. The zero-order valence-corrected chi connectivity index (χ0v) is 2.81. The van der Waals surface area contributed by atoms with Crippen molar-refractivity contribution in [2.45, 2.75) is 0 Å². The lowest BCUT2D eigenvalue weighted by atomic mass is 10.8. The molecule has 0 N–H and O–H groups in total. The van der Waals surface area contributed by atoms with Gasteiger partial charge in [0.25, 0.3) is 0 Å². The number of allylic oxidation sites excluding steroid dienone is 1. The summed E-state index contributed by atoms with van der Waals surface area (Å²) in [4.78, 5) is 0. The molecule has 0 bridgehead atoms. The molecular formula is C4H4N. The second-order valence-corrected chi connectivity index (χ2v) is 0.333. The summed E-state index contributed by atoms with van der Waals surface area (Å²) in [6.45, 7) is 3.12. The third-order valence-electron chi connectivity index (χ3n) is 0.0913. The van der Waals surface area contributed by atoms with E-state index in [2.05, 4.69) is 6.58 Å². The van der Waals surface area contributed by atoms with E-state index in [4.69, 9.17) is 5.26 Å². The molecule has 0 fully saturated rings. The fourth-order valence-corrected chi connectivity index (χ4v) is 0. The summed E-state index contributed by atoms with van der Waals surface area (Å²) in [5.74, 6) is 0. The van der Waals surface area contributed by atoms with Crippen molar-refractivity contribution in [3.8, 4) is 6.07 Å². The van der Waals surface area contributed by atoms with Crippen LogP contribution >= 0.6 is 0 Å². The molecule has 0 saturated carbocycles. The van der Waals surface area contributed by atoms with Crippen LogP contribution in [-0.2, 0) is 0 Å². The molecule has 0 spiro atoms. The van der Waals surface area contributed by atoms with Gasteiger partial charge in [0, 0.05) is 6.08 Å². The van der Waals surface area contributed by atoms with E-state index in [-0.39, 0.29) is 7.43 Å². The highest BCUT2D eigenvalue weighted by Crippen LogP contribution is 1.41. The van der Waals surface area contributed by atoms with Crippen LogP contribution in [0.15, 0.2) is 12.7 Å². The Hall–Kier alpha value is -0.770. The summed E-state index contributed by atoms with van der Waals surface area (Å²) in [6.07, 6.45) is 1.18. The van der Waals surface area contributed by atoms with Crippen molar-refractivity contribution >= 4 is 0 Å². The van der Waals surface area contributed by atoms with E-state index in [0.29, 0.717) is 0 Å². The van der Waals surface area contributed by atoms with E-state index in [1.54, 1.807) is 6.07 Å². The van der Waals surface area contributed by atoms with Crippen LogP contribution in [0.25, 0.3) is 0 Å². The number of hydrogen-bond acceptors (Lipinski definition) is 1. The molecule has 0 aliphatic rings. The van der Waals surface area contributed by atoms with Crippen molar-refractivity contribution in [3.05, 3.63) is 20.1 Å². The quantitative estimate of drug-likeness (QED) is 0.385. The molecule has 0 aromatic rings. The van der Waals surface area contributed by atoms with Crippen LogP contribution in [0.3, 0.4) is 0 Å². The lowest BCUT2D eigenvalue weighted by Crippen LogP contribution is -1.23. The molecule has 0 amide bonds. The van der Waals surface area contributed by atoms with Crippen LogP contribution < -0.4 is 0 Å². The first kappa shape index (κ1) is 8.87. The molecule has 25 valence electrons. The largest absolute Gasteiger partial charge is 0.193 e. The van der Waals surface area contributed by atoms with Crippen LogP contribution in [0.5, 0.6) is 0 Å². The first-order valence-electron chi connectivity index (χ1n) is 0.921. The summed E-state index contributed by atoms with van der Waals surface area (Å²) in [6, 6.07) is 1.69. The first-order chi connectivity index (χ1) is 1.91. The Labute approximate surface area is 32.5 Å². The molecule has 0 unspecified atom stereocenters. The summed E-state index contributed by atoms with van der Waals surface area (Å²) in [7, 11) is 0. The topological polar surface area (TPSA) is 23.8 Å². The van der Waals surface area contributed by atoms with E-state index < -0.39 is 0 Å². The van der Waals surface area contributed by atoms with Crippen molar-refractivity contribution in [2.24, 2.45) is 0 Å². The lowest BCUT2D eigenvalue weighted by Gasteiger charge is -1.31. The lowest BCUT2D eigenvalue weighted by molar-refractivity contribution is 1.54. The van der Waals surface area contributed by atoms with Crippen molar-refractivity contribution in [1.82, 2.24) is 0 Å². The van der Waals surface area contributed by atoms with Crippen molar-refractivity contribution < 1.29 is 0 Å². The molecule has 0 saturated heterocycles. The van der Waals surface area contributed by atoms with Gasteiger partial charge in [-0.25, -0.2) is 0 Å². The predicted octanol–water partition coefficient (Wildman–Crippen LogP) is 0.900. The highest BCUT2D eigenvalue weighted by Gasteiger charge is 1.34. The van der Waals surface area contributed by atoms with Gasteiger partial charge in [-0.1, -0.05) is 6.58 Å². The average Bonchev–Trinajstić information content (AvgIpc) is 1.37. The summed E-state index contributed by atoms with van der Waals surface area (Å²) in [5.41, 5.74) is 0. The van der Waals surface area contributed by atoms with Gasteiger partial charge in [-0.15, -0.1) is 0 Å². The Morgan fingerprint density at radius 2 is 2.00 bits per heavy atom. The fourth-order valence-electron chi connectivity index (χ4n) is 0. The maximum Gasteiger partial charge on any atom is 0.0905 e. The third kappa shape index (κ3) is 92.4. The molecule has 1 heteroatoms. The van der Waals surface area contributed by atoms with E-state index in [1.165, 1.54) is 6.08 Å². The second-order valence-electron chi connectivity index (χ2n) is 0.333. The molecule has 5 heavy (non-hydrogen) atoms. The zero-order chi connectivity index (χ0) is 3.41. The minimum Gasteiger partial charge on any atom is -0.193 e. The molecule has 0 aromatic heterocycles. The fraction of sp³-hybridized carbons (Fsp3) is 0. The van der Waals surface area contributed by atoms with Crippen LogP contribution in [-0.4, -0.2) is 0 Å². The van der Waals surface area contributed by atoms with E-state index in [9.17, 15) is 0 Å². The minimum absolute atomic E-state index is 0. The van der Waals surface area contributed by atoms with Gasteiger partial charge in [-0.05, 0) is 7.43 Å². The molecule has 0 aliphatic heterocycles. The van der Waals surface area contributed by atoms with Gasteiger partial charge in [0.2, 0.25) is 0 Å². The third-order valence-corrected chi connectivity index (χ3v) is 0.0913. The van der Waals surface area contributed by atoms with Gasteiger partial charge >= 0.3 is 0 Å². The molecule has 0 heterocycles. The van der Waals surface area contributed by atoms with Gasteiger partial charge in [0.1, 0.15) is 0 Å². The molecule has 0 aliphatic carbocycles. The number of hydrogen-bond donors (Lipinski definition) is 0. The van der Waals surface area contributed by atoms with Crippen LogP contribution in [0.1, 0.15) is 0 Å². The highest BCUT2D eigenvalue weighted by molar-refractivity contribution is 4.93. The van der Waals surface area contributed by atoms with E-state index in [0.717, 1.165) is 0 Å². The Kier molecular flexibility index (Phi) is 18.8. The first-order valence-corrected chi connectivity index (χ1v) is 0.921. The van der Waals surface area contributed by atoms with Gasteiger partial charge in [-0.3, -0.25) is 0 Å². The molecule has 0 rings (SSSR count). The second kappa shape index (κ2) is 10.6. The molecule has 3 radical (unpaired) electrons. The smallest absolute Gasteiger partial charge is 0.0905 e. The predicted molar refractivity (Wildman–Crippen MR) is 20.1 cm³/mol. The number of nitriles is 1. The van der Waals surface area contributed by atoms with Gasteiger partial charge in [0.05, 0.1) is 6.07 Å².